The molecule has 4 rings (SSSR count). The van der Waals surface area contributed by atoms with E-state index in [0.29, 0.717) is 35.9 Å². The number of methoxy groups -OCH3 is 2. The van der Waals surface area contributed by atoms with Crippen molar-refractivity contribution in [3.63, 3.8) is 0 Å². The fourth-order valence-electron chi connectivity index (χ4n) is 3.61. The lowest BCUT2D eigenvalue weighted by atomic mass is 9.82. The number of benzene rings is 2. The van der Waals surface area contributed by atoms with E-state index >= 15 is 0 Å². The minimum Gasteiger partial charge on any atom is -0.493 e. The molecule has 29 heavy (non-hydrogen) atoms. The molecule has 0 saturated heterocycles. The highest BCUT2D eigenvalue weighted by Crippen LogP contribution is 2.36. The number of fused-ring (bicyclic) bond motifs is 1. The number of aryl methyl sites for hydroxylation is 1. The molecule has 0 fully saturated rings. The largest absolute Gasteiger partial charge is 0.493 e. The number of anilines is 2. The molecule has 2 aromatic carbocycles. The van der Waals surface area contributed by atoms with Crippen LogP contribution in [-0.4, -0.2) is 30.0 Å². The molecule has 6 heteroatoms. The Balaban J connectivity index is 1.60. The van der Waals surface area contributed by atoms with Crippen LogP contribution >= 0.6 is 0 Å². The van der Waals surface area contributed by atoms with Gasteiger partial charge >= 0.3 is 0 Å². The molecule has 0 amide bonds. The Hall–Kier alpha value is -3.41. The summed E-state index contributed by atoms with van der Waals surface area (Å²) < 4.78 is 10.7. The van der Waals surface area contributed by atoms with Crippen LogP contribution in [0.25, 0.3) is 0 Å². The number of ketones is 1. The lowest BCUT2D eigenvalue weighted by Gasteiger charge is -2.24. The van der Waals surface area contributed by atoms with Crippen LogP contribution in [0.5, 0.6) is 11.5 Å². The van der Waals surface area contributed by atoms with Gasteiger partial charge in [-0.15, -0.1) is 0 Å². The van der Waals surface area contributed by atoms with Crippen molar-refractivity contribution < 1.29 is 14.3 Å². The van der Waals surface area contributed by atoms with E-state index in [4.69, 9.17) is 9.47 Å². The van der Waals surface area contributed by atoms with Crippen LogP contribution in [0, 0.1) is 6.92 Å². The highest BCUT2D eigenvalue weighted by atomic mass is 16.5. The molecule has 1 aliphatic rings. The third-order valence-corrected chi connectivity index (χ3v) is 5.23. The second-order valence-electron chi connectivity index (χ2n) is 7.19. The molecule has 148 valence electrons. The Morgan fingerprint density at radius 1 is 1.00 bits per heavy atom. The van der Waals surface area contributed by atoms with Gasteiger partial charge in [0.1, 0.15) is 0 Å². The van der Waals surface area contributed by atoms with Crippen LogP contribution in [0.15, 0.2) is 48.7 Å². The quantitative estimate of drug-likeness (QED) is 0.695. The van der Waals surface area contributed by atoms with E-state index in [1.165, 1.54) is 5.56 Å². The monoisotopic (exact) mass is 389 g/mol. The summed E-state index contributed by atoms with van der Waals surface area (Å²) >= 11 is 0. The van der Waals surface area contributed by atoms with Gasteiger partial charge in [-0.3, -0.25) is 4.79 Å². The van der Waals surface area contributed by atoms with Crippen LogP contribution in [0.4, 0.5) is 11.6 Å². The molecule has 0 aliphatic heterocycles. The first-order valence-corrected chi connectivity index (χ1v) is 9.52. The van der Waals surface area contributed by atoms with Gasteiger partial charge in [-0.2, -0.15) is 0 Å². The molecule has 0 bridgehead atoms. The summed E-state index contributed by atoms with van der Waals surface area (Å²) in [7, 11) is 3.22. The molecular formula is C23H23N3O3. The van der Waals surface area contributed by atoms with Gasteiger partial charge in [-0.1, -0.05) is 23.8 Å². The van der Waals surface area contributed by atoms with E-state index in [1.807, 2.05) is 49.4 Å². The van der Waals surface area contributed by atoms with Gasteiger partial charge in [-0.05, 0) is 49.1 Å². The topological polar surface area (TPSA) is 73.3 Å². The van der Waals surface area contributed by atoms with Crippen molar-refractivity contribution in [3.8, 4) is 11.5 Å². The van der Waals surface area contributed by atoms with Gasteiger partial charge in [0.25, 0.3) is 0 Å². The molecule has 1 aliphatic carbocycles. The molecule has 1 atom stereocenters. The Kier molecular flexibility index (Phi) is 5.16. The number of ether oxygens (including phenoxy) is 2. The van der Waals surface area contributed by atoms with Crippen molar-refractivity contribution in [2.45, 2.75) is 25.7 Å². The van der Waals surface area contributed by atoms with Crippen molar-refractivity contribution in [3.05, 3.63) is 71.0 Å². The van der Waals surface area contributed by atoms with Crippen molar-refractivity contribution in [1.82, 2.24) is 9.97 Å². The van der Waals surface area contributed by atoms with Crippen LogP contribution in [-0.2, 0) is 6.42 Å². The average molecular weight is 389 g/mol. The fourth-order valence-corrected chi connectivity index (χ4v) is 3.61. The number of carbonyl (C=O) groups is 1. The summed E-state index contributed by atoms with van der Waals surface area (Å²) in [6, 6.07) is 13.8. The van der Waals surface area contributed by atoms with Crippen molar-refractivity contribution in [2.24, 2.45) is 0 Å². The standard InChI is InChI=1S/C23H23N3O3/c1-14-4-7-17(8-5-14)25-23-24-13-18-19(26-23)10-16(11-20(18)27)15-6-9-21(28-2)22(12-15)29-3/h4-9,12-13,16H,10-11H2,1-3H3,(H,24,25,26)/t16-/m1/s1. The third kappa shape index (κ3) is 3.92. The number of aromatic nitrogens is 2. The van der Waals surface area contributed by atoms with E-state index in [2.05, 4.69) is 15.3 Å². The normalized spacial score (nSPS) is 15.6. The average Bonchev–Trinajstić information content (AvgIpc) is 2.74. The summed E-state index contributed by atoms with van der Waals surface area (Å²) in [5.41, 5.74) is 4.51. The van der Waals surface area contributed by atoms with E-state index in [-0.39, 0.29) is 11.7 Å². The van der Waals surface area contributed by atoms with E-state index in [1.54, 1.807) is 20.4 Å². The Morgan fingerprint density at radius 3 is 2.48 bits per heavy atom. The fraction of sp³-hybridized carbons (Fsp3) is 0.261. The number of nitrogens with zero attached hydrogens (tertiary/aromatic N) is 2. The number of rotatable bonds is 5. The van der Waals surface area contributed by atoms with E-state index in [9.17, 15) is 4.79 Å². The van der Waals surface area contributed by atoms with Crippen molar-refractivity contribution >= 4 is 17.4 Å². The zero-order valence-corrected chi connectivity index (χ0v) is 16.7. The first kappa shape index (κ1) is 18.9. The summed E-state index contributed by atoms with van der Waals surface area (Å²) in [6.07, 6.45) is 2.73. The number of hydrogen-bond donors (Lipinski definition) is 1. The molecule has 1 aromatic heterocycles. The molecule has 0 radical (unpaired) electrons. The molecule has 3 aromatic rings. The van der Waals surface area contributed by atoms with E-state index in [0.717, 1.165) is 16.9 Å². The number of nitrogens with one attached hydrogen (secondary N) is 1. The third-order valence-electron chi connectivity index (χ3n) is 5.23. The van der Waals surface area contributed by atoms with Crippen LogP contribution in [0.3, 0.4) is 0 Å². The zero-order chi connectivity index (χ0) is 20.4. The minimum atomic E-state index is 0.0388. The number of carbonyl (C=O) groups excluding carboxylic acids is 1. The molecule has 1 heterocycles. The molecule has 0 unspecified atom stereocenters. The van der Waals surface area contributed by atoms with Gasteiger partial charge in [0.2, 0.25) is 5.95 Å². The van der Waals surface area contributed by atoms with E-state index < -0.39 is 0 Å². The second kappa shape index (κ2) is 7.91. The first-order valence-electron chi connectivity index (χ1n) is 9.52. The SMILES string of the molecule is COc1ccc([C@H]2CC(=O)c3cnc(Nc4ccc(C)cc4)nc3C2)cc1OC. The zero-order valence-electron chi connectivity index (χ0n) is 16.7. The van der Waals surface area contributed by atoms with Gasteiger partial charge in [0.05, 0.1) is 25.5 Å². The maximum atomic E-state index is 12.7. The Labute approximate surface area is 169 Å². The lowest BCUT2D eigenvalue weighted by molar-refractivity contribution is 0.0962. The van der Waals surface area contributed by atoms with Crippen molar-refractivity contribution in [2.75, 3.05) is 19.5 Å². The lowest BCUT2D eigenvalue weighted by Crippen LogP contribution is -2.21. The van der Waals surface area contributed by atoms with Gasteiger partial charge in [0.15, 0.2) is 17.3 Å². The second-order valence-corrected chi connectivity index (χ2v) is 7.19. The highest BCUT2D eigenvalue weighted by molar-refractivity contribution is 5.98. The molecule has 6 nitrogen and oxygen atoms in total. The Bertz CT molecular complexity index is 1050. The van der Waals surface area contributed by atoms with Crippen LogP contribution in [0.1, 0.15) is 39.5 Å². The molecule has 0 spiro atoms. The smallest absolute Gasteiger partial charge is 0.227 e. The van der Waals surface area contributed by atoms with Gasteiger partial charge < -0.3 is 14.8 Å². The summed E-state index contributed by atoms with van der Waals surface area (Å²) in [5, 5.41) is 3.21. The van der Waals surface area contributed by atoms with Crippen molar-refractivity contribution in [1.29, 1.82) is 0 Å². The minimum absolute atomic E-state index is 0.0388. The Morgan fingerprint density at radius 2 is 1.76 bits per heavy atom. The molecular weight excluding hydrogens is 366 g/mol. The predicted octanol–water partition coefficient (Wildman–Crippen LogP) is 4.46. The van der Waals surface area contributed by atoms with Gasteiger partial charge in [-0.25, -0.2) is 9.97 Å². The van der Waals surface area contributed by atoms with Crippen LogP contribution in [0.2, 0.25) is 0 Å². The molecule has 0 saturated carbocycles. The first-order chi connectivity index (χ1) is 14.1. The maximum Gasteiger partial charge on any atom is 0.227 e. The summed E-state index contributed by atoms with van der Waals surface area (Å²) in [4.78, 5) is 21.7. The summed E-state index contributed by atoms with van der Waals surface area (Å²) in [6.45, 7) is 2.04. The summed E-state index contributed by atoms with van der Waals surface area (Å²) in [5.74, 6) is 1.93. The number of hydrogen-bond acceptors (Lipinski definition) is 6. The maximum absolute atomic E-state index is 12.7. The number of Topliss-reactive ketones (excluding diaryl/α,β-unsaturated/α-hetero) is 1. The van der Waals surface area contributed by atoms with Gasteiger partial charge in [0, 0.05) is 18.3 Å². The predicted molar refractivity (Wildman–Crippen MR) is 111 cm³/mol. The van der Waals surface area contributed by atoms with Crippen LogP contribution < -0.4 is 14.8 Å². The molecule has 1 N–H and O–H groups in total. The highest BCUT2D eigenvalue weighted by Gasteiger charge is 2.28.